The topological polar surface area (TPSA) is 77.8 Å². The average molecular weight is 362 g/mol. The lowest BCUT2D eigenvalue weighted by atomic mass is 9.71. The summed E-state index contributed by atoms with van der Waals surface area (Å²) in [4.78, 5) is 12.6. The number of ketones is 1. The summed E-state index contributed by atoms with van der Waals surface area (Å²) in [5.41, 5.74) is 4.67. The third-order valence-electron chi connectivity index (χ3n) is 5.64. The number of phenolic OH excluding ortho intramolecular Hbond substituents is 1. The third-order valence-corrected chi connectivity index (χ3v) is 5.64. The molecule has 0 radical (unpaired) electrons. The number of hydrogen-bond acceptors (Lipinski definition) is 4. The number of benzene rings is 2. The van der Waals surface area contributed by atoms with Crippen molar-refractivity contribution < 1.29 is 20.1 Å². The molecule has 0 saturated heterocycles. The van der Waals surface area contributed by atoms with Gasteiger partial charge in [-0.05, 0) is 47.2 Å². The van der Waals surface area contributed by atoms with Gasteiger partial charge in [0.05, 0.1) is 13.2 Å². The number of carbonyl (C=O) groups is 1. The van der Waals surface area contributed by atoms with Gasteiger partial charge in [0.1, 0.15) is 5.75 Å². The fourth-order valence-corrected chi connectivity index (χ4v) is 4.01. The summed E-state index contributed by atoms with van der Waals surface area (Å²) in [6.07, 6.45) is 5.54. The number of rotatable bonds is 4. The van der Waals surface area contributed by atoms with E-state index in [-0.39, 0.29) is 31.2 Å². The van der Waals surface area contributed by atoms with Gasteiger partial charge in [-0.2, -0.15) is 0 Å². The molecule has 4 heteroatoms. The fraction of sp³-hybridized carbons (Fsp3) is 0.261. The van der Waals surface area contributed by atoms with E-state index in [1.807, 2.05) is 30.3 Å². The Kier molecular flexibility index (Phi) is 4.46. The third kappa shape index (κ3) is 3.11. The van der Waals surface area contributed by atoms with Crippen molar-refractivity contribution in [1.82, 2.24) is 0 Å². The maximum absolute atomic E-state index is 12.6. The first-order valence-electron chi connectivity index (χ1n) is 9.12. The van der Waals surface area contributed by atoms with Crippen molar-refractivity contribution >= 4 is 16.9 Å². The van der Waals surface area contributed by atoms with Crippen LogP contribution in [0.2, 0.25) is 0 Å². The van der Waals surface area contributed by atoms with Crippen LogP contribution in [0.3, 0.4) is 0 Å². The summed E-state index contributed by atoms with van der Waals surface area (Å²) in [5.74, 6) is 0.230. The monoisotopic (exact) mass is 362 g/mol. The number of aliphatic hydroxyl groups is 2. The molecule has 3 N–H and O–H groups in total. The smallest absolute Gasteiger partial charge is 0.163 e. The van der Waals surface area contributed by atoms with Gasteiger partial charge >= 0.3 is 0 Å². The standard InChI is InChI=1S/C23H22O4/c24-13-23(14-25)11-18-8-6-16(10-20(18)22(27)12-23)15-5-7-17(9-15)19-3-1-2-4-21(19)26/h1-6,8-10,24-26H,7,11-14H2. The van der Waals surface area contributed by atoms with Crippen molar-refractivity contribution in [2.24, 2.45) is 5.41 Å². The van der Waals surface area contributed by atoms with Gasteiger partial charge in [-0.3, -0.25) is 4.79 Å². The average Bonchev–Trinajstić information content (AvgIpc) is 3.18. The van der Waals surface area contributed by atoms with E-state index in [9.17, 15) is 20.1 Å². The highest BCUT2D eigenvalue weighted by Crippen LogP contribution is 2.39. The SMILES string of the molecule is O=C1CC(CO)(CO)Cc2ccc(C3=CCC(c4ccccc4O)=C3)cc21. The largest absolute Gasteiger partial charge is 0.507 e. The maximum Gasteiger partial charge on any atom is 0.163 e. The molecular formula is C23H22O4. The first-order valence-corrected chi connectivity index (χ1v) is 9.12. The predicted octanol–water partition coefficient (Wildman–Crippen LogP) is 3.36. The summed E-state index contributed by atoms with van der Waals surface area (Å²) in [5, 5.41) is 29.3. The van der Waals surface area contributed by atoms with Crippen LogP contribution in [0.15, 0.2) is 54.6 Å². The van der Waals surface area contributed by atoms with Crippen molar-refractivity contribution in [1.29, 1.82) is 0 Å². The number of hydrogen-bond donors (Lipinski definition) is 3. The summed E-state index contributed by atoms with van der Waals surface area (Å²) >= 11 is 0. The molecule has 0 unspecified atom stereocenters. The second-order valence-electron chi connectivity index (χ2n) is 7.52. The highest BCUT2D eigenvalue weighted by atomic mass is 16.3. The van der Waals surface area contributed by atoms with Crippen molar-refractivity contribution in [2.45, 2.75) is 19.3 Å². The molecule has 27 heavy (non-hydrogen) atoms. The molecule has 0 bridgehead atoms. The van der Waals surface area contributed by atoms with Crippen LogP contribution >= 0.6 is 0 Å². The van der Waals surface area contributed by atoms with E-state index in [0.29, 0.717) is 12.0 Å². The summed E-state index contributed by atoms with van der Waals surface area (Å²) in [7, 11) is 0. The summed E-state index contributed by atoms with van der Waals surface area (Å²) in [6.45, 7) is -0.400. The second kappa shape index (κ2) is 6.80. The van der Waals surface area contributed by atoms with Crippen LogP contribution in [-0.4, -0.2) is 34.3 Å². The van der Waals surface area contributed by atoms with E-state index in [2.05, 4.69) is 12.2 Å². The van der Waals surface area contributed by atoms with Crippen LogP contribution < -0.4 is 0 Å². The van der Waals surface area contributed by atoms with Gasteiger partial charge in [-0.1, -0.05) is 42.5 Å². The lowest BCUT2D eigenvalue weighted by Gasteiger charge is -2.34. The Balaban J connectivity index is 1.65. The second-order valence-corrected chi connectivity index (χ2v) is 7.52. The van der Waals surface area contributed by atoms with Gasteiger partial charge in [-0.25, -0.2) is 0 Å². The Labute approximate surface area is 158 Å². The zero-order valence-electron chi connectivity index (χ0n) is 15.0. The number of allylic oxidation sites excluding steroid dienone is 4. The fourth-order valence-electron chi connectivity index (χ4n) is 4.01. The van der Waals surface area contributed by atoms with Crippen molar-refractivity contribution in [3.05, 3.63) is 76.9 Å². The highest BCUT2D eigenvalue weighted by molar-refractivity contribution is 6.01. The molecule has 0 saturated carbocycles. The minimum Gasteiger partial charge on any atom is -0.507 e. The Morgan fingerprint density at radius 2 is 1.74 bits per heavy atom. The lowest BCUT2D eigenvalue weighted by molar-refractivity contribution is 0.0387. The van der Waals surface area contributed by atoms with Crippen LogP contribution in [-0.2, 0) is 6.42 Å². The Hall–Kier alpha value is -2.69. The number of fused-ring (bicyclic) bond motifs is 1. The molecule has 4 rings (SSSR count). The first kappa shape index (κ1) is 17.7. The molecule has 2 aromatic carbocycles. The molecule has 0 aromatic heterocycles. The molecule has 2 aromatic rings. The normalized spacial score (nSPS) is 18.1. The van der Waals surface area contributed by atoms with Crippen molar-refractivity contribution in [2.75, 3.05) is 13.2 Å². The molecule has 2 aliphatic rings. The predicted molar refractivity (Wildman–Crippen MR) is 104 cm³/mol. The Morgan fingerprint density at radius 3 is 2.48 bits per heavy atom. The number of para-hydroxylation sites is 1. The number of carbonyl (C=O) groups excluding carboxylic acids is 1. The summed E-state index contributed by atoms with van der Waals surface area (Å²) < 4.78 is 0. The first-order chi connectivity index (χ1) is 13.0. The van der Waals surface area contributed by atoms with Crippen LogP contribution in [0, 0.1) is 5.41 Å². The molecule has 0 fully saturated rings. The van der Waals surface area contributed by atoms with Crippen LogP contribution in [0.4, 0.5) is 0 Å². The Morgan fingerprint density at radius 1 is 0.963 bits per heavy atom. The van der Waals surface area contributed by atoms with Gasteiger partial charge in [0.2, 0.25) is 0 Å². The van der Waals surface area contributed by atoms with E-state index < -0.39 is 5.41 Å². The molecule has 2 aliphatic carbocycles. The zero-order chi connectivity index (χ0) is 19.0. The summed E-state index contributed by atoms with van der Waals surface area (Å²) in [6, 6.07) is 13.1. The van der Waals surface area contributed by atoms with Gasteiger partial charge < -0.3 is 15.3 Å². The molecule has 0 spiro atoms. The molecular weight excluding hydrogens is 340 g/mol. The van der Waals surface area contributed by atoms with Gasteiger partial charge in [0.25, 0.3) is 0 Å². The van der Waals surface area contributed by atoms with Crippen LogP contribution in [0.1, 0.15) is 39.9 Å². The van der Waals surface area contributed by atoms with Gasteiger partial charge in [0, 0.05) is 23.0 Å². The molecule has 0 atom stereocenters. The molecule has 0 aliphatic heterocycles. The molecule has 0 heterocycles. The number of phenols is 1. The van der Waals surface area contributed by atoms with Crippen molar-refractivity contribution in [3.8, 4) is 5.75 Å². The lowest BCUT2D eigenvalue weighted by Crippen LogP contribution is -2.38. The number of aliphatic hydroxyl groups excluding tert-OH is 2. The quantitative estimate of drug-likeness (QED) is 0.779. The van der Waals surface area contributed by atoms with Crippen molar-refractivity contribution in [3.63, 3.8) is 0 Å². The molecule has 138 valence electrons. The van der Waals surface area contributed by atoms with E-state index in [1.165, 1.54) is 0 Å². The minimum atomic E-state index is -0.754. The maximum atomic E-state index is 12.6. The van der Waals surface area contributed by atoms with E-state index in [1.54, 1.807) is 12.1 Å². The highest BCUT2D eigenvalue weighted by Gasteiger charge is 2.37. The van der Waals surface area contributed by atoms with Crippen LogP contribution in [0.25, 0.3) is 11.1 Å². The van der Waals surface area contributed by atoms with Gasteiger partial charge in [-0.15, -0.1) is 0 Å². The van der Waals surface area contributed by atoms with E-state index >= 15 is 0 Å². The van der Waals surface area contributed by atoms with E-state index in [0.717, 1.165) is 34.3 Å². The van der Waals surface area contributed by atoms with Crippen LogP contribution in [0.5, 0.6) is 5.75 Å². The number of aromatic hydroxyl groups is 1. The van der Waals surface area contributed by atoms with E-state index in [4.69, 9.17) is 0 Å². The molecule has 4 nitrogen and oxygen atoms in total. The van der Waals surface area contributed by atoms with Gasteiger partial charge in [0.15, 0.2) is 5.78 Å². The zero-order valence-corrected chi connectivity index (χ0v) is 15.0. The number of Topliss-reactive ketones (excluding diaryl/α,β-unsaturated/α-hetero) is 1. The Bertz CT molecular complexity index is 964. The minimum absolute atomic E-state index is 0.0373. The molecule has 0 amide bonds.